The Morgan fingerprint density at radius 3 is 2.62 bits per heavy atom. The van der Waals surface area contributed by atoms with E-state index in [1.165, 1.54) is 6.20 Å². The molecule has 0 aromatic heterocycles. The number of nitrogens with zero attached hydrogens (tertiary/aromatic N) is 2. The number of piperidine rings is 1. The van der Waals surface area contributed by atoms with Crippen LogP contribution in [0.1, 0.15) is 19.8 Å². The highest BCUT2D eigenvalue weighted by molar-refractivity contribution is 6.42. The molecule has 1 amide bonds. The second-order valence-corrected chi connectivity index (χ2v) is 6.58. The molecular weight excluding hydrogens is 377 g/mol. The van der Waals surface area contributed by atoms with Gasteiger partial charge in [0.2, 0.25) is 0 Å². The van der Waals surface area contributed by atoms with Crippen LogP contribution in [0.4, 0.5) is 5.69 Å². The van der Waals surface area contributed by atoms with E-state index in [1.54, 1.807) is 30.0 Å². The van der Waals surface area contributed by atoms with E-state index in [2.05, 4.69) is 5.32 Å². The molecule has 0 unspecified atom stereocenters. The molecule has 1 fully saturated rings. The first-order valence-corrected chi connectivity index (χ1v) is 8.99. The van der Waals surface area contributed by atoms with Crippen molar-refractivity contribution in [1.82, 2.24) is 4.90 Å². The van der Waals surface area contributed by atoms with E-state index in [0.29, 0.717) is 48.3 Å². The monoisotopic (exact) mass is 395 g/mol. The molecule has 2 rings (SSSR count). The highest BCUT2D eigenvalue weighted by Crippen LogP contribution is 2.25. The van der Waals surface area contributed by atoms with E-state index < -0.39 is 0 Å². The molecule has 8 heteroatoms. The molecule has 0 spiro atoms. The van der Waals surface area contributed by atoms with Gasteiger partial charge in [-0.1, -0.05) is 23.2 Å². The lowest BCUT2D eigenvalue weighted by atomic mass is 9.96. The van der Waals surface area contributed by atoms with Crippen LogP contribution in [0.15, 0.2) is 30.0 Å². The van der Waals surface area contributed by atoms with Crippen LogP contribution in [0.3, 0.4) is 0 Å². The summed E-state index contributed by atoms with van der Waals surface area (Å²) in [6.45, 7) is 2.93. The fraction of sp³-hybridized carbons (Fsp3) is 0.389. The zero-order chi connectivity index (χ0) is 19.1. The van der Waals surface area contributed by atoms with Crippen LogP contribution in [0.5, 0.6) is 0 Å². The maximum absolute atomic E-state index is 12.5. The number of halogens is 2. The van der Waals surface area contributed by atoms with Gasteiger partial charge in [0.1, 0.15) is 11.6 Å². The summed E-state index contributed by atoms with van der Waals surface area (Å²) in [4.78, 5) is 25.8. The zero-order valence-corrected chi connectivity index (χ0v) is 15.8. The molecule has 0 bridgehead atoms. The lowest BCUT2D eigenvalue weighted by molar-refractivity contribution is -0.150. The minimum absolute atomic E-state index is 0.0225. The normalized spacial score (nSPS) is 15.3. The molecule has 1 aromatic carbocycles. The number of ether oxygens (including phenoxy) is 1. The summed E-state index contributed by atoms with van der Waals surface area (Å²) in [5, 5.41) is 13.0. The van der Waals surface area contributed by atoms with E-state index in [4.69, 9.17) is 27.9 Å². The number of anilines is 1. The number of hydrogen-bond donors (Lipinski definition) is 1. The maximum Gasteiger partial charge on any atom is 0.309 e. The van der Waals surface area contributed by atoms with Crippen molar-refractivity contribution in [1.29, 1.82) is 5.26 Å². The summed E-state index contributed by atoms with van der Waals surface area (Å²) >= 11 is 11.8. The third-order valence-corrected chi connectivity index (χ3v) is 4.79. The average Bonchev–Trinajstić information content (AvgIpc) is 2.65. The van der Waals surface area contributed by atoms with E-state index in [0.717, 1.165) is 0 Å². The Morgan fingerprint density at radius 2 is 2.04 bits per heavy atom. The van der Waals surface area contributed by atoms with Crippen LogP contribution in [0.25, 0.3) is 0 Å². The fourth-order valence-corrected chi connectivity index (χ4v) is 2.93. The fourth-order valence-electron chi connectivity index (χ4n) is 2.63. The molecule has 0 radical (unpaired) electrons. The quantitative estimate of drug-likeness (QED) is 0.467. The topological polar surface area (TPSA) is 82.4 Å². The van der Waals surface area contributed by atoms with Crippen LogP contribution in [0, 0.1) is 17.2 Å². The Balaban J connectivity index is 1.97. The number of rotatable bonds is 5. The smallest absolute Gasteiger partial charge is 0.309 e. The number of nitrogens with one attached hydrogen (secondary N) is 1. The standard InChI is InChI=1S/C18H19Cl2N3O3/c1-2-26-18(25)12-5-7-23(8-6-12)17(24)13(10-21)11-22-14-3-4-15(19)16(20)9-14/h3-4,9,11-12,22H,2,5-8H2,1H3/b13-11-. The summed E-state index contributed by atoms with van der Waals surface area (Å²) in [7, 11) is 0. The molecule has 1 aliphatic heterocycles. The number of hydrogen-bond acceptors (Lipinski definition) is 5. The molecule has 0 atom stereocenters. The lowest BCUT2D eigenvalue weighted by Gasteiger charge is -2.30. The van der Waals surface area contributed by atoms with Gasteiger partial charge in [-0.3, -0.25) is 9.59 Å². The van der Waals surface area contributed by atoms with Gasteiger partial charge in [0.05, 0.1) is 22.6 Å². The van der Waals surface area contributed by atoms with Crippen molar-refractivity contribution in [3.63, 3.8) is 0 Å². The number of likely N-dealkylation sites (tertiary alicyclic amines) is 1. The van der Waals surface area contributed by atoms with E-state index in [-0.39, 0.29) is 23.4 Å². The van der Waals surface area contributed by atoms with Crippen LogP contribution >= 0.6 is 23.2 Å². The van der Waals surface area contributed by atoms with E-state index in [9.17, 15) is 14.9 Å². The van der Waals surface area contributed by atoms with Crippen LogP contribution in [-0.2, 0) is 14.3 Å². The summed E-state index contributed by atoms with van der Waals surface area (Å²) < 4.78 is 5.01. The van der Waals surface area contributed by atoms with Gasteiger partial charge in [0, 0.05) is 25.0 Å². The maximum atomic E-state index is 12.5. The van der Waals surface area contributed by atoms with Crippen molar-refractivity contribution in [3.8, 4) is 6.07 Å². The molecule has 6 nitrogen and oxygen atoms in total. The molecule has 1 N–H and O–H groups in total. The van der Waals surface area contributed by atoms with Gasteiger partial charge in [-0.15, -0.1) is 0 Å². The van der Waals surface area contributed by atoms with Crippen molar-refractivity contribution in [2.75, 3.05) is 25.0 Å². The number of carbonyl (C=O) groups excluding carboxylic acids is 2. The predicted molar refractivity (Wildman–Crippen MR) is 99.7 cm³/mol. The van der Waals surface area contributed by atoms with Gasteiger partial charge in [-0.05, 0) is 38.0 Å². The number of benzene rings is 1. The van der Waals surface area contributed by atoms with Crippen molar-refractivity contribution < 1.29 is 14.3 Å². The number of esters is 1. The average molecular weight is 396 g/mol. The highest BCUT2D eigenvalue weighted by atomic mass is 35.5. The number of nitriles is 1. The van der Waals surface area contributed by atoms with Crippen molar-refractivity contribution >= 4 is 40.8 Å². The van der Waals surface area contributed by atoms with Crippen molar-refractivity contribution in [3.05, 3.63) is 40.0 Å². The number of amides is 1. The first-order chi connectivity index (χ1) is 12.5. The van der Waals surface area contributed by atoms with Gasteiger partial charge in [-0.25, -0.2) is 0 Å². The minimum Gasteiger partial charge on any atom is -0.466 e. The molecular formula is C18H19Cl2N3O3. The SMILES string of the molecule is CCOC(=O)C1CCN(C(=O)/C(C#N)=C\Nc2ccc(Cl)c(Cl)c2)CC1. The number of carbonyl (C=O) groups is 2. The molecule has 26 heavy (non-hydrogen) atoms. The van der Waals surface area contributed by atoms with Gasteiger partial charge >= 0.3 is 5.97 Å². The summed E-state index contributed by atoms with van der Waals surface area (Å²) in [6.07, 6.45) is 2.41. The first kappa shape index (κ1) is 20.1. The van der Waals surface area contributed by atoms with Crippen LogP contribution in [-0.4, -0.2) is 36.5 Å². The van der Waals surface area contributed by atoms with Gasteiger partial charge in [-0.2, -0.15) is 5.26 Å². The zero-order valence-electron chi connectivity index (χ0n) is 14.3. The second-order valence-electron chi connectivity index (χ2n) is 5.76. The van der Waals surface area contributed by atoms with Crippen LogP contribution < -0.4 is 5.32 Å². The molecule has 0 aliphatic carbocycles. The molecule has 1 aromatic rings. The van der Waals surface area contributed by atoms with Gasteiger partial charge in [0.15, 0.2) is 0 Å². The van der Waals surface area contributed by atoms with Gasteiger partial charge in [0.25, 0.3) is 5.91 Å². The second kappa shape index (κ2) is 9.46. The third-order valence-electron chi connectivity index (χ3n) is 4.06. The highest BCUT2D eigenvalue weighted by Gasteiger charge is 2.29. The Bertz CT molecular complexity index is 751. The van der Waals surface area contributed by atoms with Crippen molar-refractivity contribution in [2.45, 2.75) is 19.8 Å². The van der Waals surface area contributed by atoms with E-state index >= 15 is 0 Å². The third kappa shape index (κ3) is 5.13. The Labute approximate surface area is 162 Å². The van der Waals surface area contributed by atoms with Crippen molar-refractivity contribution in [2.24, 2.45) is 5.92 Å². The lowest BCUT2D eigenvalue weighted by Crippen LogP contribution is -2.41. The van der Waals surface area contributed by atoms with E-state index in [1.807, 2.05) is 6.07 Å². The first-order valence-electron chi connectivity index (χ1n) is 8.24. The Kier molecular flexibility index (Phi) is 7.31. The largest absolute Gasteiger partial charge is 0.466 e. The Morgan fingerprint density at radius 1 is 1.35 bits per heavy atom. The van der Waals surface area contributed by atoms with Gasteiger partial charge < -0.3 is 15.0 Å². The molecule has 1 aliphatic rings. The predicted octanol–water partition coefficient (Wildman–Crippen LogP) is 3.61. The Hall–Kier alpha value is -2.23. The molecule has 0 saturated carbocycles. The minimum atomic E-state index is -0.373. The molecule has 1 heterocycles. The molecule has 138 valence electrons. The molecule has 1 saturated heterocycles. The summed E-state index contributed by atoms with van der Waals surface area (Å²) in [5.41, 5.74) is 0.589. The van der Waals surface area contributed by atoms with Crippen LogP contribution in [0.2, 0.25) is 10.0 Å². The summed E-state index contributed by atoms with van der Waals surface area (Å²) in [6, 6.07) is 6.82. The summed E-state index contributed by atoms with van der Waals surface area (Å²) in [5.74, 6) is -0.790.